The summed E-state index contributed by atoms with van der Waals surface area (Å²) in [5, 5.41) is 0. The lowest BCUT2D eigenvalue weighted by molar-refractivity contribution is 0.140. The Bertz CT molecular complexity index is 386. The van der Waals surface area contributed by atoms with E-state index in [1.165, 1.54) is 0 Å². The van der Waals surface area contributed by atoms with Crippen molar-refractivity contribution in [2.75, 3.05) is 26.0 Å². The third kappa shape index (κ3) is 4.59. The maximum atomic E-state index is 5.71. The van der Waals surface area contributed by atoms with E-state index in [2.05, 4.69) is 37.6 Å². The van der Waals surface area contributed by atoms with Crippen molar-refractivity contribution in [3.05, 3.63) is 12.1 Å². The van der Waals surface area contributed by atoms with Crippen molar-refractivity contribution in [1.29, 1.82) is 0 Å². The van der Waals surface area contributed by atoms with E-state index in [-0.39, 0.29) is 0 Å². The summed E-state index contributed by atoms with van der Waals surface area (Å²) < 4.78 is 10.7. The molecule has 0 spiro atoms. The number of hydrogen-bond donors (Lipinski definition) is 1. The average molecular weight is 267 g/mol. The van der Waals surface area contributed by atoms with Crippen molar-refractivity contribution in [3.63, 3.8) is 0 Å². The van der Waals surface area contributed by atoms with Crippen LogP contribution in [0.3, 0.4) is 0 Å². The molecule has 0 radical (unpaired) electrons. The summed E-state index contributed by atoms with van der Waals surface area (Å²) in [6, 6.07) is 4.49. The molecule has 0 saturated heterocycles. The lowest BCUT2D eigenvalue weighted by Crippen LogP contribution is -2.39. The molecular weight excluding hydrogens is 242 g/mol. The molecule has 0 atom stereocenters. The summed E-state index contributed by atoms with van der Waals surface area (Å²) in [5.41, 5.74) is 6.22. The van der Waals surface area contributed by atoms with Crippen LogP contribution in [0.1, 0.15) is 27.7 Å². The van der Waals surface area contributed by atoms with Gasteiger partial charge >= 0.3 is 0 Å². The van der Waals surface area contributed by atoms with Gasteiger partial charge in [-0.2, -0.15) is 4.98 Å². The van der Waals surface area contributed by atoms with Gasteiger partial charge in [-0.25, -0.2) is 0 Å². The van der Waals surface area contributed by atoms with Crippen molar-refractivity contribution in [3.8, 4) is 11.8 Å². The number of hydrogen-bond acceptors (Lipinski definition) is 5. The maximum Gasteiger partial charge on any atom is 0.240 e. The van der Waals surface area contributed by atoms with Gasteiger partial charge in [-0.05, 0) is 33.8 Å². The van der Waals surface area contributed by atoms with E-state index in [1.807, 2.05) is 0 Å². The van der Waals surface area contributed by atoms with E-state index in [9.17, 15) is 0 Å². The van der Waals surface area contributed by atoms with Crippen LogP contribution in [0.15, 0.2) is 12.1 Å². The van der Waals surface area contributed by atoms with Gasteiger partial charge < -0.3 is 15.2 Å². The Morgan fingerprint density at radius 2 is 1.84 bits per heavy atom. The van der Waals surface area contributed by atoms with Crippen molar-refractivity contribution < 1.29 is 9.47 Å². The number of methoxy groups -OCH3 is 1. The number of rotatable bonds is 7. The molecule has 1 aromatic heterocycles. The van der Waals surface area contributed by atoms with E-state index in [0.29, 0.717) is 36.1 Å². The molecule has 0 aromatic carbocycles. The molecule has 0 aliphatic rings. The quantitative estimate of drug-likeness (QED) is 0.820. The Morgan fingerprint density at radius 3 is 2.37 bits per heavy atom. The second-order valence-electron chi connectivity index (χ2n) is 5.02. The lowest BCUT2D eigenvalue weighted by atomic mass is 10.2. The minimum Gasteiger partial charge on any atom is -0.479 e. The van der Waals surface area contributed by atoms with E-state index in [1.54, 1.807) is 19.2 Å². The van der Waals surface area contributed by atoms with Gasteiger partial charge in [-0.3, -0.25) is 4.90 Å². The molecule has 0 bridgehead atoms. The third-order valence-corrected chi connectivity index (χ3v) is 2.98. The summed E-state index contributed by atoms with van der Waals surface area (Å²) in [5.74, 6) is 0.945. The SMILES string of the molecule is COc1nc(OCCN(C(C)C)C(C)C)ccc1N. The van der Waals surface area contributed by atoms with Gasteiger partial charge in [0.2, 0.25) is 11.8 Å². The highest BCUT2D eigenvalue weighted by atomic mass is 16.5. The molecule has 19 heavy (non-hydrogen) atoms. The molecule has 0 unspecified atom stereocenters. The van der Waals surface area contributed by atoms with Gasteiger partial charge in [0.15, 0.2) is 0 Å². The van der Waals surface area contributed by atoms with Gasteiger partial charge in [-0.15, -0.1) is 0 Å². The molecule has 5 heteroatoms. The van der Waals surface area contributed by atoms with Crippen LogP contribution in [0.25, 0.3) is 0 Å². The van der Waals surface area contributed by atoms with Crippen molar-refractivity contribution in [2.45, 2.75) is 39.8 Å². The van der Waals surface area contributed by atoms with Gasteiger partial charge in [0.05, 0.1) is 12.8 Å². The summed E-state index contributed by atoms with van der Waals surface area (Å²) in [7, 11) is 1.54. The highest BCUT2D eigenvalue weighted by Crippen LogP contribution is 2.21. The van der Waals surface area contributed by atoms with Crippen LogP contribution in [-0.2, 0) is 0 Å². The van der Waals surface area contributed by atoms with Crippen LogP contribution >= 0.6 is 0 Å². The highest BCUT2D eigenvalue weighted by molar-refractivity contribution is 5.49. The van der Waals surface area contributed by atoms with Gasteiger partial charge in [-0.1, -0.05) is 0 Å². The summed E-state index contributed by atoms with van der Waals surface area (Å²) in [6.45, 7) is 10.2. The second-order valence-corrected chi connectivity index (χ2v) is 5.02. The van der Waals surface area contributed by atoms with Gasteiger partial charge in [0.25, 0.3) is 0 Å². The Balaban J connectivity index is 2.53. The third-order valence-electron chi connectivity index (χ3n) is 2.98. The molecule has 1 aromatic rings. The molecule has 1 rings (SSSR count). The van der Waals surface area contributed by atoms with Crippen LogP contribution in [-0.4, -0.2) is 42.2 Å². The number of ether oxygens (including phenoxy) is 2. The molecule has 0 amide bonds. The molecule has 108 valence electrons. The van der Waals surface area contributed by atoms with E-state index in [4.69, 9.17) is 15.2 Å². The highest BCUT2D eigenvalue weighted by Gasteiger charge is 2.13. The summed E-state index contributed by atoms with van der Waals surface area (Å²) in [6.07, 6.45) is 0. The predicted molar refractivity (Wildman–Crippen MR) is 77.7 cm³/mol. The van der Waals surface area contributed by atoms with E-state index in [0.717, 1.165) is 6.54 Å². The standard InChI is InChI=1S/C14H25N3O2/c1-10(2)17(11(3)4)8-9-19-13-7-6-12(15)14(16-13)18-5/h6-7,10-11H,8-9,15H2,1-5H3. The second kappa shape index (κ2) is 7.19. The first-order chi connectivity index (χ1) is 8.95. The molecule has 2 N–H and O–H groups in total. The first kappa shape index (κ1) is 15.6. The minimum atomic E-state index is 0.405. The lowest BCUT2D eigenvalue weighted by Gasteiger charge is -2.30. The normalized spacial score (nSPS) is 11.4. The summed E-state index contributed by atoms with van der Waals surface area (Å²) in [4.78, 5) is 6.56. The number of nitrogens with two attached hydrogens (primary N) is 1. The first-order valence-electron chi connectivity index (χ1n) is 6.64. The zero-order valence-electron chi connectivity index (χ0n) is 12.5. The van der Waals surface area contributed by atoms with Gasteiger partial charge in [0.1, 0.15) is 6.61 Å². The Labute approximate surface area is 115 Å². The largest absolute Gasteiger partial charge is 0.479 e. The fourth-order valence-corrected chi connectivity index (χ4v) is 2.05. The van der Waals surface area contributed by atoms with Crippen LogP contribution in [0, 0.1) is 0 Å². The predicted octanol–water partition coefficient (Wildman–Crippen LogP) is 2.17. The molecule has 0 aliphatic heterocycles. The van der Waals surface area contributed by atoms with Crippen molar-refractivity contribution >= 4 is 5.69 Å². The minimum absolute atomic E-state index is 0.405. The van der Waals surface area contributed by atoms with Crippen LogP contribution in [0.4, 0.5) is 5.69 Å². The van der Waals surface area contributed by atoms with Crippen molar-refractivity contribution in [2.24, 2.45) is 0 Å². The number of nitrogens with zero attached hydrogens (tertiary/aromatic N) is 2. The number of nitrogen functional groups attached to an aromatic ring is 1. The monoisotopic (exact) mass is 267 g/mol. The Morgan fingerprint density at radius 1 is 1.21 bits per heavy atom. The molecule has 1 heterocycles. The number of anilines is 1. The van der Waals surface area contributed by atoms with E-state index < -0.39 is 0 Å². The summed E-state index contributed by atoms with van der Waals surface area (Å²) >= 11 is 0. The molecule has 5 nitrogen and oxygen atoms in total. The Hall–Kier alpha value is -1.49. The fourth-order valence-electron chi connectivity index (χ4n) is 2.05. The topological polar surface area (TPSA) is 60.6 Å². The Kier molecular flexibility index (Phi) is 5.89. The molecule has 0 saturated carbocycles. The molecule has 0 aliphatic carbocycles. The zero-order valence-corrected chi connectivity index (χ0v) is 12.5. The van der Waals surface area contributed by atoms with E-state index >= 15 is 0 Å². The number of aromatic nitrogens is 1. The molecular formula is C14H25N3O2. The maximum absolute atomic E-state index is 5.71. The zero-order chi connectivity index (χ0) is 14.4. The fraction of sp³-hybridized carbons (Fsp3) is 0.643. The van der Waals surface area contributed by atoms with Gasteiger partial charge in [0, 0.05) is 24.7 Å². The average Bonchev–Trinajstić information content (AvgIpc) is 2.35. The van der Waals surface area contributed by atoms with Crippen LogP contribution in [0.2, 0.25) is 0 Å². The van der Waals surface area contributed by atoms with Crippen LogP contribution < -0.4 is 15.2 Å². The molecule has 0 fully saturated rings. The van der Waals surface area contributed by atoms with Crippen LogP contribution in [0.5, 0.6) is 11.8 Å². The first-order valence-corrected chi connectivity index (χ1v) is 6.64. The smallest absolute Gasteiger partial charge is 0.240 e. The van der Waals surface area contributed by atoms with Crippen molar-refractivity contribution in [1.82, 2.24) is 9.88 Å². The number of pyridine rings is 1.